The summed E-state index contributed by atoms with van der Waals surface area (Å²) in [5.41, 5.74) is 0. The van der Waals surface area contributed by atoms with Crippen molar-refractivity contribution in [2.24, 2.45) is 0 Å². The van der Waals surface area contributed by atoms with Gasteiger partial charge in [0.25, 0.3) is 0 Å². The van der Waals surface area contributed by atoms with Gasteiger partial charge in [-0.25, -0.2) is 4.98 Å². The van der Waals surface area contributed by atoms with Gasteiger partial charge in [-0.15, -0.1) is 0 Å². The molecule has 0 radical (unpaired) electrons. The van der Waals surface area contributed by atoms with Crippen LogP contribution in [0.5, 0.6) is 0 Å². The molecule has 0 aliphatic carbocycles. The molecule has 2 atom stereocenters. The highest BCUT2D eigenvalue weighted by Gasteiger charge is 2.23. The summed E-state index contributed by atoms with van der Waals surface area (Å²) in [5.74, 6) is 1.48. The van der Waals surface area contributed by atoms with Gasteiger partial charge in [-0.3, -0.25) is 0 Å². The van der Waals surface area contributed by atoms with Crippen molar-refractivity contribution in [1.82, 2.24) is 9.97 Å². The summed E-state index contributed by atoms with van der Waals surface area (Å²) < 4.78 is 6.56. The van der Waals surface area contributed by atoms with Gasteiger partial charge in [0, 0.05) is 19.3 Å². The van der Waals surface area contributed by atoms with Crippen LogP contribution in [-0.2, 0) is 4.74 Å². The molecular formula is C13H21BrN4O. The minimum Gasteiger partial charge on any atom is -0.376 e. The quantitative estimate of drug-likeness (QED) is 0.840. The van der Waals surface area contributed by atoms with Crippen molar-refractivity contribution in [2.75, 3.05) is 23.8 Å². The lowest BCUT2D eigenvalue weighted by molar-refractivity contribution is 0.0995. The van der Waals surface area contributed by atoms with Gasteiger partial charge in [-0.1, -0.05) is 6.92 Å². The monoisotopic (exact) mass is 328 g/mol. The van der Waals surface area contributed by atoms with Gasteiger partial charge >= 0.3 is 0 Å². The van der Waals surface area contributed by atoms with Crippen LogP contribution in [0.3, 0.4) is 0 Å². The fraction of sp³-hybridized carbons (Fsp3) is 0.692. The highest BCUT2D eigenvalue weighted by Crippen LogP contribution is 2.24. The molecule has 1 saturated heterocycles. The molecule has 19 heavy (non-hydrogen) atoms. The Morgan fingerprint density at radius 2 is 2.42 bits per heavy atom. The van der Waals surface area contributed by atoms with Crippen molar-refractivity contribution in [3.63, 3.8) is 0 Å². The van der Waals surface area contributed by atoms with Crippen molar-refractivity contribution in [1.29, 1.82) is 0 Å². The van der Waals surface area contributed by atoms with Gasteiger partial charge in [-0.2, -0.15) is 4.98 Å². The molecule has 0 amide bonds. The molecule has 1 aromatic rings. The second-order valence-electron chi connectivity index (χ2n) is 4.80. The van der Waals surface area contributed by atoms with Crippen LogP contribution in [0.2, 0.25) is 0 Å². The van der Waals surface area contributed by atoms with Crippen molar-refractivity contribution in [2.45, 2.75) is 45.3 Å². The van der Waals surface area contributed by atoms with E-state index >= 15 is 0 Å². The smallest absolute Gasteiger partial charge is 0.224 e. The number of aromatic nitrogens is 2. The molecule has 1 aromatic heterocycles. The summed E-state index contributed by atoms with van der Waals surface area (Å²) in [4.78, 5) is 8.73. The Morgan fingerprint density at radius 1 is 1.58 bits per heavy atom. The molecule has 106 valence electrons. The predicted octanol–water partition coefficient (Wildman–Crippen LogP) is 3.04. The minimum atomic E-state index is 0.243. The highest BCUT2D eigenvalue weighted by molar-refractivity contribution is 9.10. The Morgan fingerprint density at radius 3 is 3.11 bits per heavy atom. The lowest BCUT2D eigenvalue weighted by atomic mass is 10.1. The third-order valence-corrected chi connectivity index (χ3v) is 3.74. The van der Waals surface area contributed by atoms with Crippen LogP contribution in [0.4, 0.5) is 11.8 Å². The van der Waals surface area contributed by atoms with E-state index in [1.54, 1.807) is 6.20 Å². The van der Waals surface area contributed by atoms with Gasteiger partial charge in [0.15, 0.2) is 0 Å². The molecular weight excluding hydrogens is 308 g/mol. The van der Waals surface area contributed by atoms with Crippen molar-refractivity contribution in [3.8, 4) is 0 Å². The molecule has 1 aliphatic heterocycles. The zero-order valence-corrected chi connectivity index (χ0v) is 13.0. The van der Waals surface area contributed by atoms with Gasteiger partial charge in [0.2, 0.25) is 5.95 Å². The first-order chi connectivity index (χ1) is 9.20. The molecule has 1 fully saturated rings. The molecule has 1 aliphatic rings. The van der Waals surface area contributed by atoms with Gasteiger partial charge < -0.3 is 15.4 Å². The molecule has 2 N–H and O–H groups in total. The van der Waals surface area contributed by atoms with Gasteiger partial charge in [0.05, 0.1) is 16.6 Å². The summed E-state index contributed by atoms with van der Waals surface area (Å²) in [7, 11) is 0. The Kier molecular flexibility index (Phi) is 5.39. The first kappa shape index (κ1) is 14.5. The second-order valence-corrected chi connectivity index (χ2v) is 5.66. The first-order valence-electron chi connectivity index (χ1n) is 6.85. The molecule has 0 bridgehead atoms. The number of hydrogen-bond acceptors (Lipinski definition) is 5. The van der Waals surface area contributed by atoms with Crippen LogP contribution in [0.15, 0.2) is 10.7 Å². The van der Waals surface area contributed by atoms with E-state index in [0.717, 1.165) is 42.7 Å². The fourth-order valence-electron chi connectivity index (χ4n) is 2.10. The molecule has 0 spiro atoms. The normalized spacial score (nSPS) is 20.3. The molecule has 0 saturated carbocycles. The standard InChI is InChI=1S/C13H21BrN4O/c1-3-6-15-13-16-8-10(14)12(18-13)17-9(2)11-5-4-7-19-11/h8-9,11H,3-7H2,1-2H3,(H2,15,16,17,18). The van der Waals surface area contributed by atoms with E-state index in [-0.39, 0.29) is 12.1 Å². The molecule has 2 unspecified atom stereocenters. The average molecular weight is 329 g/mol. The summed E-state index contributed by atoms with van der Waals surface area (Å²) in [6, 6.07) is 0.243. The van der Waals surface area contributed by atoms with Crippen LogP contribution < -0.4 is 10.6 Å². The number of nitrogens with zero attached hydrogens (tertiary/aromatic N) is 2. The maximum absolute atomic E-state index is 5.69. The van der Waals surface area contributed by atoms with E-state index in [9.17, 15) is 0 Å². The van der Waals surface area contributed by atoms with Crippen LogP contribution in [0, 0.1) is 0 Å². The van der Waals surface area contributed by atoms with Crippen LogP contribution in [0.1, 0.15) is 33.1 Å². The second kappa shape index (κ2) is 7.05. The van der Waals surface area contributed by atoms with Crippen LogP contribution in [0.25, 0.3) is 0 Å². The molecule has 2 heterocycles. The summed E-state index contributed by atoms with van der Waals surface area (Å²) in [6.45, 7) is 5.99. The highest BCUT2D eigenvalue weighted by atomic mass is 79.9. The Balaban J connectivity index is 2.01. The van der Waals surface area contributed by atoms with E-state index in [0.29, 0.717) is 5.95 Å². The lowest BCUT2D eigenvalue weighted by Crippen LogP contribution is -2.30. The van der Waals surface area contributed by atoms with Gasteiger partial charge in [-0.05, 0) is 42.1 Å². The zero-order chi connectivity index (χ0) is 13.7. The Bertz CT molecular complexity index is 410. The number of rotatable bonds is 6. The van der Waals surface area contributed by atoms with Crippen LogP contribution >= 0.6 is 15.9 Å². The van der Waals surface area contributed by atoms with E-state index in [1.165, 1.54) is 0 Å². The lowest BCUT2D eigenvalue weighted by Gasteiger charge is -2.21. The van der Waals surface area contributed by atoms with Crippen molar-refractivity contribution in [3.05, 3.63) is 10.7 Å². The third-order valence-electron chi connectivity index (χ3n) is 3.16. The number of halogens is 1. The number of anilines is 2. The first-order valence-corrected chi connectivity index (χ1v) is 7.64. The molecule has 2 rings (SSSR count). The van der Waals surface area contributed by atoms with E-state index < -0.39 is 0 Å². The predicted molar refractivity (Wildman–Crippen MR) is 80.6 cm³/mol. The van der Waals surface area contributed by atoms with Crippen molar-refractivity contribution >= 4 is 27.7 Å². The molecule has 6 heteroatoms. The molecule has 0 aromatic carbocycles. The van der Waals surface area contributed by atoms with E-state index in [4.69, 9.17) is 4.74 Å². The Labute approximate surface area is 122 Å². The van der Waals surface area contributed by atoms with E-state index in [2.05, 4.69) is 50.4 Å². The summed E-state index contributed by atoms with van der Waals surface area (Å²) in [6.07, 6.45) is 5.35. The van der Waals surface area contributed by atoms with Crippen LogP contribution in [-0.4, -0.2) is 35.3 Å². The SMILES string of the molecule is CCCNc1ncc(Br)c(NC(C)C2CCCO2)n1. The van der Waals surface area contributed by atoms with Gasteiger partial charge in [0.1, 0.15) is 5.82 Å². The third kappa shape index (κ3) is 4.04. The minimum absolute atomic E-state index is 0.243. The largest absolute Gasteiger partial charge is 0.376 e. The maximum atomic E-state index is 5.69. The summed E-state index contributed by atoms with van der Waals surface area (Å²) >= 11 is 3.48. The fourth-order valence-corrected chi connectivity index (χ4v) is 2.40. The number of nitrogens with one attached hydrogen (secondary N) is 2. The number of hydrogen-bond donors (Lipinski definition) is 2. The zero-order valence-electron chi connectivity index (χ0n) is 11.4. The Hall–Kier alpha value is -0.880. The average Bonchev–Trinajstić information content (AvgIpc) is 2.93. The van der Waals surface area contributed by atoms with Crippen molar-refractivity contribution < 1.29 is 4.74 Å². The number of ether oxygens (including phenoxy) is 1. The molecule has 5 nitrogen and oxygen atoms in total. The topological polar surface area (TPSA) is 59.1 Å². The summed E-state index contributed by atoms with van der Waals surface area (Å²) in [5, 5.41) is 6.60. The van der Waals surface area contributed by atoms with E-state index in [1.807, 2.05) is 0 Å². The maximum Gasteiger partial charge on any atom is 0.224 e.